The highest BCUT2D eigenvalue weighted by Gasteiger charge is 2.52. The first-order valence-electron chi connectivity index (χ1n) is 12.3. The summed E-state index contributed by atoms with van der Waals surface area (Å²) >= 11 is 0. The van der Waals surface area contributed by atoms with Crippen molar-refractivity contribution in [3.05, 3.63) is 35.9 Å². The van der Waals surface area contributed by atoms with Gasteiger partial charge in [-0.1, -0.05) is 51.1 Å². The molecule has 7 heteroatoms. The van der Waals surface area contributed by atoms with E-state index in [0.29, 0.717) is 19.6 Å². The van der Waals surface area contributed by atoms with Crippen molar-refractivity contribution in [2.24, 2.45) is 5.41 Å². The Labute approximate surface area is 200 Å². The molecule has 1 atom stereocenters. The standard InChI is InChI=1S/C26H41NO5Si/c1-7-30-23(28)22-17-26(15-13-21(14-16-26)32-33(5,6)25(2,3)4)19-27(22)24(29)31-18-20-11-9-8-10-12-20/h8-12,21-22H,7,13-19H2,1-6H3. The first-order valence-corrected chi connectivity index (χ1v) is 15.2. The van der Waals surface area contributed by atoms with Crippen LogP contribution in [0.3, 0.4) is 0 Å². The SMILES string of the molecule is CCOC(=O)C1CC2(CCC(O[Si](C)(C)C(C)(C)C)CC2)CN1C(=O)OCc1ccccc1. The molecule has 1 saturated carbocycles. The topological polar surface area (TPSA) is 65.1 Å². The van der Waals surface area contributed by atoms with E-state index in [4.69, 9.17) is 13.9 Å². The van der Waals surface area contributed by atoms with Crippen LogP contribution in [-0.2, 0) is 25.3 Å². The smallest absolute Gasteiger partial charge is 0.410 e. The number of carbonyl (C=O) groups is 2. The summed E-state index contributed by atoms with van der Waals surface area (Å²) in [6.45, 7) is 14.2. The molecule has 1 heterocycles. The van der Waals surface area contributed by atoms with Gasteiger partial charge in [-0.05, 0) is 68.1 Å². The Hall–Kier alpha value is -1.86. The molecule has 33 heavy (non-hydrogen) atoms. The average molecular weight is 476 g/mol. The lowest BCUT2D eigenvalue weighted by Crippen LogP contribution is -2.46. The molecule has 2 fully saturated rings. The van der Waals surface area contributed by atoms with Crippen LogP contribution in [0.5, 0.6) is 0 Å². The van der Waals surface area contributed by atoms with Crippen LogP contribution in [0.1, 0.15) is 65.4 Å². The minimum atomic E-state index is -1.82. The van der Waals surface area contributed by atoms with Crippen LogP contribution in [0.25, 0.3) is 0 Å². The predicted octanol–water partition coefficient (Wildman–Crippen LogP) is 5.91. The summed E-state index contributed by atoms with van der Waals surface area (Å²) < 4.78 is 17.6. The number of likely N-dealkylation sites (tertiary alicyclic amines) is 1. The van der Waals surface area contributed by atoms with Crippen LogP contribution in [0, 0.1) is 5.41 Å². The third kappa shape index (κ3) is 6.18. The normalized spacial score (nSPS) is 25.8. The number of esters is 1. The van der Waals surface area contributed by atoms with Crippen LogP contribution in [-0.4, -0.2) is 50.6 Å². The van der Waals surface area contributed by atoms with Crippen LogP contribution < -0.4 is 0 Å². The quantitative estimate of drug-likeness (QED) is 0.378. The number of amides is 1. The summed E-state index contributed by atoms with van der Waals surface area (Å²) in [5, 5.41) is 0.184. The molecular weight excluding hydrogens is 434 g/mol. The molecule has 1 aromatic carbocycles. The molecular formula is C26H41NO5Si. The second-order valence-electron chi connectivity index (χ2n) is 11.2. The minimum absolute atomic E-state index is 0.0729. The lowest BCUT2D eigenvalue weighted by Gasteiger charge is -2.43. The zero-order valence-corrected chi connectivity index (χ0v) is 22.2. The van der Waals surface area contributed by atoms with Crippen molar-refractivity contribution >= 4 is 20.4 Å². The first kappa shape index (κ1) is 25.8. The largest absolute Gasteiger partial charge is 0.464 e. The van der Waals surface area contributed by atoms with E-state index in [1.165, 1.54) is 0 Å². The molecule has 1 aromatic rings. The summed E-state index contributed by atoms with van der Waals surface area (Å²) in [7, 11) is -1.82. The molecule has 1 spiro atoms. The molecule has 1 amide bonds. The van der Waals surface area contributed by atoms with Gasteiger partial charge in [-0.2, -0.15) is 0 Å². The highest BCUT2D eigenvalue weighted by Crippen LogP contribution is 2.48. The van der Waals surface area contributed by atoms with E-state index in [1.54, 1.807) is 11.8 Å². The molecule has 184 valence electrons. The molecule has 1 saturated heterocycles. The lowest BCUT2D eigenvalue weighted by molar-refractivity contribution is -0.148. The number of hydrogen-bond donors (Lipinski definition) is 0. The predicted molar refractivity (Wildman–Crippen MR) is 131 cm³/mol. The fourth-order valence-electron chi connectivity index (χ4n) is 4.78. The van der Waals surface area contributed by atoms with Crippen LogP contribution in [0.4, 0.5) is 4.79 Å². The lowest BCUT2D eigenvalue weighted by atomic mass is 9.72. The number of nitrogens with zero attached hydrogens (tertiary/aromatic N) is 1. The van der Waals surface area contributed by atoms with Gasteiger partial charge in [0.25, 0.3) is 0 Å². The van der Waals surface area contributed by atoms with E-state index in [0.717, 1.165) is 31.2 Å². The monoisotopic (exact) mass is 475 g/mol. The fourth-order valence-corrected chi connectivity index (χ4v) is 6.20. The Balaban J connectivity index is 1.65. The summed E-state index contributed by atoms with van der Waals surface area (Å²) in [4.78, 5) is 27.3. The van der Waals surface area contributed by atoms with Crippen molar-refractivity contribution in [1.82, 2.24) is 4.90 Å². The van der Waals surface area contributed by atoms with Gasteiger partial charge in [0.15, 0.2) is 8.32 Å². The first-order chi connectivity index (χ1) is 15.5. The zero-order chi connectivity index (χ0) is 24.3. The number of rotatable bonds is 6. The van der Waals surface area contributed by atoms with Gasteiger partial charge in [0.1, 0.15) is 12.6 Å². The Kier molecular flexibility index (Phi) is 7.94. The number of benzene rings is 1. The Morgan fingerprint density at radius 3 is 2.30 bits per heavy atom. The van der Waals surface area contributed by atoms with Gasteiger partial charge in [0.05, 0.1) is 6.61 Å². The molecule has 0 radical (unpaired) electrons. The van der Waals surface area contributed by atoms with Gasteiger partial charge in [0.2, 0.25) is 0 Å². The third-order valence-corrected chi connectivity index (χ3v) is 12.3. The van der Waals surface area contributed by atoms with Gasteiger partial charge in [0, 0.05) is 12.6 Å². The van der Waals surface area contributed by atoms with E-state index >= 15 is 0 Å². The molecule has 0 bridgehead atoms. The maximum Gasteiger partial charge on any atom is 0.410 e. The van der Waals surface area contributed by atoms with E-state index < -0.39 is 20.5 Å². The number of ether oxygens (including phenoxy) is 2. The molecule has 2 aliphatic rings. The van der Waals surface area contributed by atoms with Crippen molar-refractivity contribution in [1.29, 1.82) is 0 Å². The third-order valence-electron chi connectivity index (χ3n) is 7.77. The molecule has 0 N–H and O–H groups in total. The molecule has 3 rings (SSSR count). The maximum atomic E-state index is 13.0. The number of hydrogen-bond acceptors (Lipinski definition) is 5. The Morgan fingerprint density at radius 2 is 1.73 bits per heavy atom. The van der Waals surface area contributed by atoms with Gasteiger partial charge in [-0.15, -0.1) is 0 Å². The molecule has 1 aliphatic carbocycles. The summed E-state index contributed by atoms with van der Waals surface area (Å²) in [5.74, 6) is -0.328. The van der Waals surface area contributed by atoms with Crippen molar-refractivity contribution in [3.8, 4) is 0 Å². The summed E-state index contributed by atoms with van der Waals surface area (Å²) in [6.07, 6.45) is 4.29. The van der Waals surface area contributed by atoms with Crippen molar-refractivity contribution < 1.29 is 23.5 Å². The van der Waals surface area contributed by atoms with Crippen LogP contribution in [0.2, 0.25) is 18.1 Å². The molecule has 1 unspecified atom stereocenters. The van der Waals surface area contributed by atoms with Gasteiger partial charge in [-0.25, -0.2) is 9.59 Å². The second kappa shape index (κ2) is 10.2. The number of carbonyl (C=O) groups excluding carboxylic acids is 2. The summed E-state index contributed by atoms with van der Waals surface area (Å²) in [6, 6.07) is 9.03. The Morgan fingerprint density at radius 1 is 1.09 bits per heavy atom. The molecule has 6 nitrogen and oxygen atoms in total. The maximum absolute atomic E-state index is 13.0. The van der Waals surface area contributed by atoms with E-state index in [1.807, 2.05) is 30.3 Å². The van der Waals surface area contributed by atoms with Crippen LogP contribution in [0.15, 0.2) is 30.3 Å². The fraction of sp³-hybridized carbons (Fsp3) is 0.692. The highest BCUT2D eigenvalue weighted by atomic mass is 28.4. The van der Waals surface area contributed by atoms with Crippen molar-refractivity contribution in [2.75, 3.05) is 13.2 Å². The Bertz CT molecular complexity index is 812. The summed E-state index contributed by atoms with van der Waals surface area (Å²) in [5.41, 5.74) is 0.854. The zero-order valence-electron chi connectivity index (χ0n) is 21.2. The second-order valence-corrected chi connectivity index (χ2v) is 16.0. The minimum Gasteiger partial charge on any atom is -0.464 e. The van der Waals surface area contributed by atoms with Gasteiger partial charge < -0.3 is 13.9 Å². The van der Waals surface area contributed by atoms with E-state index in [9.17, 15) is 9.59 Å². The molecule has 0 aromatic heterocycles. The van der Waals surface area contributed by atoms with Crippen LogP contribution >= 0.6 is 0 Å². The highest BCUT2D eigenvalue weighted by molar-refractivity contribution is 6.74. The van der Waals surface area contributed by atoms with Gasteiger partial charge in [-0.3, -0.25) is 4.90 Å². The van der Waals surface area contributed by atoms with E-state index in [-0.39, 0.29) is 29.1 Å². The van der Waals surface area contributed by atoms with Crippen molar-refractivity contribution in [2.45, 2.75) is 96.7 Å². The van der Waals surface area contributed by atoms with Crippen molar-refractivity contribution in [3.63, 3.8) is 0 Å². The van der Waals surface area contributed by atoms with Gasteiger partial charge >= 0.3 is 12.1 Å². The van der Waals surface area contributed by atoms with E-state index in [2.05, 4.69) is 33.9 Å². The average Bonchev–Trinajstić information content (AvgIpc) is 3.13. The molecule has 1 aliphatic heterocycles.